The van der Waals surface area contributed by atoms with E-state index in [9.17, 15) is 4.79 Å². The zero-order chi connectivity index (χ0) is 11.0. The normalized spacial score (nSPS) is 11.4. The van der Waals surface area contributed by atoms with E-state index in [-0.39, 0.29) is 5.91 Å². The van der Waals surface area contributed by atoms with E-state index in [0.29, 0.717) is 11.2 Å². The van der Waals surface area contributed by atoms with Gasteiger partial charge in [-0.3, -0.25) is 4.79 Å². The largest absolute Gasteiger partial charge is 0.355 e. The SMILES string of the molecule is CCCCNC(=O)CSCC(C)(C)C. The number of thioether (sulfide) groups is 1. The molecule has 0 aliphatic rings. The van der Waals surface area contributed by atoms with Crippen molar-refractivity contribution in [2.45, 2.75) is 40.5 Å². The van der Waals surface area contributed by atoms with E-state index in [2.05, 4.69) is 33.0 Å². The fraction of sp³-hybridized carbons (Fsp3) is 0.909. The lowest BCUT2D eigenvalue weighted by Gasteiger charge is -2.16. The maximum Gasteiger partial charge on any atom is 0.229 e. The van der Waals surface area contributed by atoms with Gasteiger partial charge >= 0.3 is 0 Å². The van der Waals surface area contributed by atoms with Crippen molar-refractivity contribution in [2.24, 2.45) is 5.41 Å². The first-order chi connectivity index (χ1) is 6.45. The Kier molecular flexibility index (Phi) is 7.06. The van der Waals surface area contributed by atoms with E-state index < -0.39 is 0 Å². The predicted octanol–water partition coefficient (Wildman–Crippen LogP) is 2.68. The molecule has 0 aliphatic heterocycles. The summed E-state index contributed by atoms with van der Waals surface area (Å²) in [6.07, 6.45) is 2.21. The van der Waals surface area contributed by atoms with E-state index in [1.165, 1.54) is 0 Å². The van der Waals surface area contributed by atoms with Crippen LogP contribution in [0.25, 0.3) is 0 Å². The monoisotopic (exact) mass is 217 g/mol. The second kappa shape index (κ2) is 7.16. The Balaban J connectivity index is 3.36. The molecule has 1 N–H and O–H groups in total. The van der Waals surface area contributed by atoms with Gasteiger partial charge in [-0.05, 0) is 17.6 Å². The summed E-state index contributed by atoms with van der Waals surface area (Å²) in [4.78, 5) is 11.3. The van der Waals surface area contributed by atoms with Crippen LogP contribution >= 0.6 is 11.8 Å². The van der Waals surface area contributed by atoms with Gasteiger partial charge in [0.15, 0.2) is 0 Å². The Morgan fingerprint density at radius 3 is 2.50 bits per heavy atom. The third-order valence-electron chi connectivity index (χ3n) is 1.62. The molecule has 2 nitrogen and oxygen atoms in total. The molecule has 0 saturated heterocycles. The topological polar surface area (TPSA) is 29.1 Å². The van der Waals surface area contributed by atoms with Crippen molar-refractivity contribution >= 4 is 17.7 Å². The molecule has 0 aromatic heterocycles. The lowest BCUT2D eigenvalue weighted by Crippen LogP contribution is -2.26. The minimum Gasteiger partial charge on any atom is -0.355 e. The van der Waals surface area contributed by atoms with Crippen molar-refractivity contribution in [2.75, 3.05) is 18.1 Å². The van der Waals surface area contributed by atoms with Crippen LogP contribution in [0.3, 0.4) is 0 Å². The number of hydrogen-bond acceptors (Lipinski definition) is 2. The molecule has 0 fully saturated rings. The molecule has 0 atom stereocenters. The summed E-state index contributed by atoms with van der Waals surface area (Å²) in [6, 6.07) is 0. The molecule has 0 heterocycles. The molecule has 0 radical (unpaired) electrons. The second-order valence-corrected chi connectivity index (χ2v) is 5.74. The number of carbonyl (C=O) groups is 1. The zero-order valence-electron chi connectivity index (χ0n) is 9.85. The maximum absolute atomic E-state index is 11.3. The van der Waals surface area contributed by atoms with Crippen molar-refractivity contribution in [3.05, 3.63) is 0 Å². The van der Waals surface area contributed by atoms with Crippen LogP contribution in [0.2, 0.25) is 0 Å². The lowest BCUT2D eigenvalue weighted by atomic mass is 10.0. The van der Waals surface area contributed by atoms with Gasteiger partial charge in [-0.15, -0.1) is 0 Å². The third kappa shape index (κ3) is 9.90. The Morgan fingerprint density at radius 1 is 1.36 bits per heavy atom. The highest BCUT2D eigenvalue weighted by Crippen LogP contribution is 2.19. The molecule has 0 aromatic carbocycles. The average Bonchev–Trinajstić information content (AvgIpc) is 2.02. The van der Waals surface area contributed by atoms with Gasteiger partial charge in [-0.2, -0.15) is 11.8 Å². The highest BCUT2D eigenvalue weighted by Gasteiger charge is 2.10. The number of rotatable bonds is 6. The summed E-state index contributed by atoms with van der Waals surface area (Å²) >= 11 is 1.71. The van der Waals surface area contributed by atoms with Crippen LogP contribution in [-0.4, -0.2) is 24.0 Å². The molecule has 0 unspecified atom stereocenters. The zero-order valence-corrected chi connectivity index (χ0v) is 10.7. The van der Waals surface area contributed by atoms with Crippen LogP contribution < -0.4 is 5.32 Å². The van der Waals surface area contributed by atoms with Gasteiger partial charge in [0.2, 0.25) is 5.91 Å². The van der Waals surface area contributed by atoms with Gasteiger partial charge in [-0.25, -0.2) is 0 Å². The molecule has 0 spiro atoms. The molecule has 0 aliphatic carbocycles. The fourth-order valence-electron chi connectivity index (χ4n) is 0.906. The molecule has 0 bridgehead atoms. The fourth-order valence-corrected chi connectivity index (χ4v) is 1.91. The van der Waals surface area contributed by atoms with Crippen molar-refractivity contribution in [1.29, 1.82) is 0 Å². The van der Waals surface area contributed by atoms with Crippen LogP contribution in [-0.2, 0) is 4.79 Å². The van der Waals surface area contributed by atoms with Crippen LogP contribution in [0.1, 0.15) is 40.5 Å². The first kappa shape index (κ1) is 13.8. The summed E-state index contributed by atoms with van der Waals surface area (Å²) in [5, 5.41) is 2.91. The van der Waals surface area contributed by atoms with E-state index in [0.717, 1.165) is 25.1 Å². The van der Waals surface area contributed by atoms with Crippen molar-refractivity contribution < 1.29 is 4.79 Å². The molecule has 14 heavy (non-hydrogen) atoms. The van der Waals surface area contributed by atoms with Gasteiger partial charge in [0, 0.05) is 6.54 Å². The summed E-state index contributed by atoms with van der Waals surface area (Å²) in [5.41, 5.74) is 0.314. The number of amides is 1. The molecule has 84 valence electrons. The van der Waals surface area contributed by atoms with Crippen LogP contribution in [0.5, 0.6) is 0 Å². The van der Waals surface area contributed by atoms with Crippen LogP contribution in [0, 0.1) is 5.41 Å². The minimum absolute atomic E-state index is 0.174. The molecule has 1 amide bonds. The van der Waals surface area contributed by atoms with E-state index >= 15 is 0 Å². The number of nitrogens with one attached hydrogen (secondary N) is 1. The van der Waals surface area contributed by atoms with E-state index in [1.54, 1.807) is 11.8 Å². The van der Waals surface area contributed by atoms with Crippen molar-refractivity contribution in [3.63, 3.8) is 0 Å². The number of unbranched alkanes of at least 4 members (excludes halogenated alkanes) is 1. The first-order valence-corrected chi connectivity index (χ1v) is 6.45. The molecular formula is C11H23NOS. The Labute approximate surface area is 92.2 Å². The van der Waals surface area contributed by atoms with Gasteiger partial charge < -0.3 is 5.32 Å². The van der Waals surface area contributed by atoms with Crippen LogP contribution in [0.15, 0.2) is 0 Å². The Hall–Kier alpha value is -0.180. The smallest absolute Gasteiger partial charge is 0.229 e. The van der Waals surface area contributed by atoms with E-state index in [1.807, 2.05) is 0 Å². The first-order valence-electron chi connectivity index (χ1n) is 5.30. The molecule has 3 heteroatoms. The maximum atomic E-state index is 11.3. The highest BCUT2D eigenvalue weighted by atomic mass is 32.2. The van der Waals surface area contributed by atoms with Crippen molar-refractivity contribution in [1.82, 2.24) is 5.32 Å². The Morgan fingerprint density at radius 2 is 2.00 bits per heavy atom. The quantitative estimate of drug-likeness (QED) is 0.693. The van der Waals surface area contributed by atoms with Gasteiger partial charge in [-0.1, -0.05) is 34.1 Å². The van der Waals surface area contributed by atoms with Gasteiger partial charge in [0.25, 0.3) is 0 Å². The standard InChI is InChI=1S/C11H23NOS/c1-5-6-7-12-10(13)8-14-9-11(2,3)4/h5-9H2,1-4H3,(H,12,13). The summed E-state index contributed by atoms with van der Waals surface area (Å²) in [5.74, 6) is 1.81. The lowest BCUT2D eigenvalue weighted by molar-refractivity contribution is -0.118. The number of carbonyl (C=O) groups excluding carboxylic acids is 1. The minimum atomic E-state index is 0.174. The molecule has 0 aromatic rings. The molecule has 0 saturated carbocycles. The molecule has 0 rings (SSSR count). The molecular weight excluding hydrogens is 194 g/mol. The van der Waals surface area contributed by atoms with Crippen molar-refractivity contribution in [3.8, 4) is 0 Å². The van der Waals surface area contributed by atoms with Gasteiger partial charge in [0.1, 0.15) is 0 Å². The third-order valence-corrected chi connectivity index (χ3v) is 3.16. The second-order valence-electron chi connectivity index (χ2n) is 4.76. The average molecular weight is 217 g/mol. The predicted molar refractivity (Wildman–Crippen MR) is 64.7 cm³/mol. The number of hydrogen-bond donors (Lipinski definition) is 1. The van der Waals surface area contributed by atoms with E-state index in [4.69, 9.17) is 0 Å². The Bertz CT molecular complexity index is 163. The highest BCUT2D eigenvalue weighted by molar-refractivity contribution is 7.99. The van der Waals surface area contributed by atoms with Crippen LogP contribution in [0.4, 0.5) is 0 Å². The summed E-state index contributed by atoms with van der Waals surface area (Å²) in [6.45, 7) is 9.52. The summed E-state index contributed by atoms with van der Waals surface area (Å²) in [7, 11) is 0. The summed E-state index contributed by atoms with van der Waals surface area (Å²) < 4.78 is 0. The van der Waals surface area contributed by atoms with Gasteiger partial charge in [0.05, 0.1) is 5.75 Å².